The van der Waals surface area contributed by atoms with E-state index in [1.165, 1.54) is 49.7 Å². The third-order valence-corrected chi connectivity index (χ3v) is 5.82. The molecule has 0 amide bonds. The number of rotatable bonds is 5. The summed E-state index contributed by atoms with van der Waals surface area (Å²) in [5.41, 5.74) is 1.37. The molecule has 1 N–H and O–H groups in total. The zero-order chi connectivity index (χ0) is 15.2. The fourth-order valence-corrected chi connectivity index (χ4v) is 4.64. The first-order valence-corrected chi connectivity index (χ1v) is 9.83. The highest BCUT2D eigenvalue weighted by Gasteiger charge is 2.20. The molecule has 1 aromatic rings. The molecule has 122 valence electrons. The average Bonchev–Trinajstić information content (AvgIpc) is 2.57. The molecule has 2 aliphatic heterocycles. The van der Waals surface area contributed by atoms with Crippen LogP contribution in [0.15, 0.2) is 30.3 Å². The number of benzene rings is 1. The Hall–Kier alpha value is -0.710. The Morgan fingerprint density at radius 3 is 2.45 bits per heavy atom. The minimum absolute atomic E-state index is 0.608. The minimum Gasteiger partial charge on any atom is -0.369 e. The topological polar surface area (TPSA) is 18.5 Å². The van der Waals surface area contributed by atoms with Crippen LogP contribution in [0.1, 0.15) is 19.8 Å². The number of nitrogens with zero attached hydrogens (tertiary/aromatic N) is 2. The van der Waals surface area contributed by atoms with E-state index in [9.17, 15) is 0 Å². The van der Waals surface area contributed by atoms with Crippen LogP contribution in [0.25, 0.3) is 0 Å². The Morgan fingerprint density at radius 2 is 1.77 bits per heavy atom. The molecule has 2 heterocycles. The molecule has 22 heavy (non-hydrogen) atoms. The minimum atomic E-state index is 0.608. The fourth-order valence-electron chi connectivity index (χ4n) is 3.53. The van der Waals surface area contributed by atoms with Crippen molar-refractivity contribution in [2.24, 2.45) is 0 Å². The second-order valence-electron chi connectivity index (χ2n) is 6.58. The van der Waals surface area contributed by atoms with Crippen LogP contribution in [0.2, 0.25) is 0 Å². The van der Waals surface area contributed by atoms with Crippen molar-refractivity contribution in [2.45, 2.75) is 31.8 Å². The maximum atomic E-state index is 3.84. The van der Waals surface area contributed by atoms with Gasteiger partial charge in [-0.1, -0.05) is 18.2 Å². The van der Waals surface area contributed by atoms with Gasteiger partial charge in [-0.2, -0.15) is 11.8 Å². The van der Waals surface area contributed by atoms with Crippen molar-refractivity contribution in [3.63, 3.8) is 0 Å². The van der Waals surface area contributed by atoms with Crippen LogP contribution in [0.3, 0.4) is 0 Å². The van der Waals surface area contributed by atoms with Gasteiger partial charge in [0.05, 0.1) is 0 Å². The van der Waals surface area contributed by atoms with Gasteiger partial charge in [0.1, 0.15) is 0 Å². The Balaban J connectivity index is 1.39. The van der Waals surface area contributed by atoms with E-state index in [1.54, 1.807) is 0 Å². The highest BCUT2D eigenvalue weighted by Crippen LogP contribution is 2.18. The van der Waals surface area contributed by atoms with Gasteiger partial charge in [-0.3, -0.25) is 4.90 Å². The summed E-state index contributed by atoms with van der Waals surface area (Å²) in [6, 6.07) is 12.2. The lowest BCUT2D eigenvalue weighted by Crippen LogP contribution is -2.51. The van der Waals surface area contributed by atoms with Crippen molar-refractivity contribution in [1.82, 2.24) is 10.2 Å². The maximum Gasteiger partial charge on any atom is 0.0367 e. The van der Waals surface area contributed by atoms with E-state index in [0.717, 1.165) is 19.1 Å². The molecule has 0 aliphatic carbocycles. The van der Waals surface area contributed by atoms with E-state index in [-0.39, 0.29) is 0 Å². The second-order valence-corrected chi connectivity index (χ2v) is 7.80. The molecule has 0 bridgehead atoms. The Kier molecular flexibility index (Phi) is 6.04. The third-order valence-electron chi connectivity index (χ3n) is 4.77. The number of hydrogen-bond donors (Lipinski definition) is 1. The summed E-state index contributed by atoms with van der Waals surface area (Å²) in [7, 11) is 0. The number of piperazine rings is 1. The van der Waals surface area contributed by atoms with Gasteiger partial charge in [-0.05, 0) is 43.4 Å². The van der Waals surface area contributed by atoms with Crippen molar-refractivity contribution in [2.75, 3.05) is 49.1 Å². The van der Waals surface area contributed by atoms with Gasteiger partial charge in [0.25, 0.3) is 0 Å². The first-order valence-electron chi connectivity index (χ1n) is 8.67. The van der Waals surface area contributed by atoms with Crippen LogP contribution in [0, 0.1) is 0 Å². The Morgan fingerprint density at radius 1 is 1.09 bits per heavy atom. The first-order chi connectivity index (χ1) is 10.8. The van der Waals surface area contributed by atoms with E-state index in [1.807, 2.05) is 0 Å². The molecule has 0 spiro atoms. The van der Waals surface area contributed by atoms with E-state index in [2.05, 4.69) is 64.1 Å². The molecule has 2 fully saturated rings. The number of thioether (sulfide) groups is 1. The summed E-state index contributed by atoms with van der Waals surface area (Å²) in [5, 5.41) is 3.84. The summed E-state index contributed by atoms with van der Waals surface area (Å²) in [6.07, 6.45) is 2.69. The molecular formula is C18H29N3S. The smallest absolute Gasteiger partial charge is 0.0367 e. The highest BCUT2D eigenvalue weighted by molar-refractivity contribution is 7.99. The lowest BCUT2D eigenvalue weighted by atomic mass is 10.1. The van der Waals surface area contributed by atoms with Crippen molar-refractivity contribution in [3.8, 4) is 0 Å². The number of anilines is 1. The van der Waals surface area contributed by atoms with Gasteiger partial charge >= 0.3 is 0 Å². The summed E-state index contributed by atoms with van der Waals surface area (Å²) in [6.45, 7) is 8.20. The fraction of sp³-hybridized carbons (Fsp3) is 0.667. The molecule has 1 aromatic carbocycles. The van der Waals surface area contributed by atoms with E-state index in [0.29, 0.717) is 6.04 Å². The van der Waals surface area contributed by atoms with Crippen LogP contribution in [0.5, 0.6) is 0 Å². The molecular weight excluding hydrogens is 290 g/mol. The largest absolute Gasteiger partial charge is 0.369 e. The summed E-state index contributed by atoms with van der Waals surface area (Å²) >= 11 is 2.10. The molecule has 3 nitrogen and oxygen atoms in total. The number of nitrogens with one attached hydrogen (secondary N) is 1. The molecule has 4 heteroatoms. The van der Waals surface area contributed by atoms with Crippen LogP contribution >= 0.6 is 11.8 Å². The van der Waals surface area contributed by atoms with Gasteiger partial charge in [0.15, 0.2) is 0 Å². The van der Waals surface area contributed by atoms with Gasteiger partial charge in [-0.25, -0.2) is 0 Å². The predicted octanol–water partition coefficient (Wildman–Crippen LogP) is 2.68. The van der Waals surface area contributed by atoms with Gasteiger partial charge in [0.2, 0.25) is 0 Å². The second kappa shape index (κ2) is 8.23. The number of para-hydroxylation sites is 1. The monoisotopic (exact) mass is 319 g/mol. The molecule has 0 aromatic heterocycles. The third kappa shape index (κ3) is 4.64. The average molecular weight is 320 g/mol. The molecule has 3 rings (SSSR count). The summed E-state index contributed by atoms with van der Waals surface area (Å²) in [5.74, 6) is 2.67. The van der Waals surface area contributed by atoms with Crippen LogP contribution in [-0.4, -0.2) is 61.2 Å². The zero-order valence-corrected chi connectivity index (χ0v) is 14.5. The van der Waals surface area contributed by atoms with Crippen molar-refractivity contribution < 1.29 is 0 Å². The normalized spacial score (nSPS) is 22.7. The van der Waals surface area contributed by atoms with Gasteiger partial charge < -0.3 is 10.2 Å². The molecule has 0 radical (unpaired) electrons. The van der Waals surface area contributed by atoms with Gasteiger partial charge in [0, 0.05) is 50.5 Å². The Bertz CT molecular complexity index is 425. The summed E-state index contributed by atoms with van der Waals surface area (Å²) in [4.78, 5) is 5.13. The van der Waals surface area contributed by atoms with Crippen LogP contribution in [0.4, 0.5) is 5.69 Å². The molecule has 0 saturated carbocycles. The molecule has 2 aliphatic rings. The molecule has 1 atom stereocenters. The molecule has 2 saturated heterocycles. The van der Waals surface area contributed by atoms with Crippen molar-refractivity contribution >= 4 is 17.4 Å². The van der Waals surface area contributed by atoms with Crippen molar-refractivity contribution in [1.29, 1.82) is 0 Å². The van der Waals surface area contributed by atoms with Crippen LogP contribution < -0.4 is 10.2 Å². The van der Waals surface area contributed by atoms with E-state index < -0.39 is 0 Å². The van der Waals surface area contributed by atoms with E-state index in [4.69, 9.17) is 0 Å². The zero-order valence-electron chi connectivity index (χ0n) is 13.7. The first kappa shape index (κ1) is 16.2. The van der Waals surface area contributed by atoms with Crippen molar-refractivity contribution in [3.05, 3.63) is 30.3 Å². The molecule has 1 unspecified atom stereocenters. The maximum absolute atomic E-state index is 3.84. The van der Waals surface area contributed by atoms with Crippen LogP contribution in [-0.2, 0) is 0 Å². The predicted molar refractivity (Wildman–Crippen MR) is 98.0 cm³/mol. The lowest BCUT2D eigenvalue weighted by molar-refractivity contribution is 0.226. The number of hydrogen-bond acceptors (Lipinski definition) is 4. The Labute approximate surface area is 139 Å². The highest BCUT2D eigenvalue weighted by atomic mass is 32.2. The quantitative estimate of drug-likeness (QED) is 0.899. The van der Waals surface area contributed by atoms with E-state index >= 15 is 0 Å². The SMILES string of the molecule is CC(CN1CCN(c2ccccc2)CC1)NC1CCSCC1. The summed E-state index contributed by atoms with van der Waals surface area (Å²) < 4.78 is 0. The van der Waals surface area contributed by atoms with Gasteiger partial charge in [-0.15, -0.1) is 0 Å². The standard InChI is InChI=1S/C18H29N3S/c1-16(19-17-7-13-22-14-8-17)15-20-9-11-21(12-10-20)18-5-3-2-4-6-18/h2-6,16-17,19H,7-15H2,1H3. The lowest BCUT2D eigenvalue weighted by Gasteiger charge is -2.38.